The molecule has 0 fully saturated rings. The Morgan fingerprint density at radius 1 is 1.00 bits per heavy atom. The van der Waals surface area contributed by atoms with Crippen LogP contribution in [0, 0.1) is 6.92 Å². The predicted octanol–water partition coefficient (Wildman–Crippen LogP) is 2.73. The van der Waals surface area contributed by atoms with E-state index in [4.69, 9.17) is 9.47 Å². The average Bonchev–Trinajstić information content (AvgIpc) is 2.48. The van der Waals surface area contributed by atoms with Crippen LogP contribution in [-0.4, -0.2) is 40.7 Å². The Morgan fingerprint density at radius 3 is 1.91 bits per heavy atom. The molecule has 0 aliphatic heterocycles. The molecule has 0 saturated carbocycles. The van der Waals surface area contributed by atoms with Gasteiger partial charge in [-0.2, -0.15) is 0 Å². The number of benzene rings is 1. The first-order chi connectivity index (χ1) is 10.8. The van der Waals surface area contributed by atoms with Crippen molar-refractivity contribution in [3.8, 4) is 0 Å². The lowest BCUT2D eigenvalue weighted by Gasteiger charge is -2.39. The van der Waals surface area contributed by atoms with Crippen molar-refractivity contribution >= 4 is 10.8 Å². The van der Waals surface area contributed by atoms with Crippen LogP contribution in [0.4, 0.5) is 0 Å². The molecule has 1 aromatic carbocycles. The van der Waals surface area contributed by atoms with E-state index in [-0.39, 0.29) is 5.75 Å². The summed E-state index contributed by atoms with van der Waals surface area (Å²) in [4.78, 5) is 0.705. The molecule has 0 radical (unpaired) electrons. The van der Waals surface area contributed by atoms with Crippen LogP contribution < -0.4 is 0 Å². The second-order valence-corrected chi connectivity index (χ2v) is 7.42. The Hall–Kier alpha value is -1.27. The van der Waals surface area contributed by atoms with Gasteiger partial charge in [0.1, 0.15) is 5.60 Å². The summed E-state index contributed by atoms with van der Waals surface area (Å²) in [5.41, 5.74) is 1.31. The molecule has 126 valence electrons. The number of methoxy groups -OCH3 is 2. The maximum atomic E-state index is 12.6. The molecule has 0 saturated heterocycles. The molecule has 5 heteroatoms. The van der Waals surface area contributed by atoms with Crippen molar-refractivity contribution in [2.45, 2.75) is 37.1 Å². The maximum absolute atomic E-state index is 12.6. The molecule has 0 unspecified atom stereocenters. The monoisotopic (exact) mass is 336 g/mol. The van der Waals surface area contributed by atoms with E-state index in [1.165, 1.54) is 0 Å². The summed E-state index contributed by atoms with van der Waals surface area (Å²) in [6, 6.07) is 7.50. The van der Waals surface area contributed by atoms with Crippen molar-refractivity contribution in [2.24, 2.45) is 0 Å². The molecule has 0 aromatic heterocycles. The summed E-state index contributed by atoms with van der Waals surface area (Å²) >= 11 is 0. The van der Waals surface area contributed by atoms with E-state index in [1.807, 2.05) is 45.0 Å². The van der Waals surface area contributed by atoms with Crippen LogP contribution in [0.1, 0.15) is 19.4 Å². The van der Waals surface area contributed by atoms with Gasteiger partial charge in [0.15, 0.2) is 0 Å². The van der Waals surface area contributed by atoms with Gasteiger partial charge in [-0.05, 0) is 56.2 Å². The molecular weight excluding hydrogens is 312 g/mol. The highest BCUT2D eigenvalue weighted by Gasteiger charge is 2.42. The predicted molar refractivity (Wildman–Crippen MR) is 91.7 cm³/mol. The van der Waals surface area contributed by atoms with Gasteiger partial charge >= 0.3 is 0 Å². The third kappa shape index (κ3) is 3.48. The Kier molecular flexibility index (Phi) is 5.26. The molecule has 0 spiro atoms. The molecule has 2 rings (SSSR count). The first-order valence-electron chi connectivity index (χ1n) is 7.44. The zero-order valence-electron chi connectivity index (χ0n) is 14.3. The molecule has 0 heterocycles. The quantitative estimate of drug-likeness (QED) is 0.663. The van der Waals surface area contributed by atoms with E-state index in [0.29, 0.717) is 4.90 Å². The van der Waals surface area contributed by atoms with E-state index in [0.717, 1.165) is 16.7 Å². The molecule has 23 heavy (non-hydrogen) atoms. The van der Waals surface area contributed by atoms with Crippen molar-refractivity contribution in [1.29, 1.82) is 0 Å². The molecule has 1 aliphatic carbocycles. The number of hydrogen-bond acceptors (Lipinski definition) is 4. The summed E-state index contributed by atoms with van der Waals surface area (Å²) in [7, 11) is 1.82. The van der Waals surface area contributed by atoms with Gasteiger partial charge in [-0.3, -0.25) is 4.21 Å². The second-order valence-electron chi connectivity index (χ2n) is 5.97. The van der Waals surface area contributed by atoms with Crippen LogP contribution in [0.15, 0.2) is 52.5 Å². The van der Waals surface area contributed by atoms with Crippen LogP contribution in [0.3, 0.4) is 0 Å². The lowest BCUT2D eigenvalue weighted by Crippen LogP contribution is -2.44. The van der Waals surface area contributed by atoms with Crippen molar-refractivity contribution in [3.63, 3.8) is 0 Å². The van der Waals surface area contributed by atoms with Gasteiger partial charge in [-0.15, -0.1) is 0 Å². The fourth-order valence-corrected chi connectivity index (χ4v) is 4.28. The molecule has 1 aromatic rings. The van der Waals surface area contributed by atoms with Gasteiger partial charge in [-0.25, -0.2) is 0 Å². The highest BCUT2D eigenvalue weighted by atomic mass is 32.2. The van der Waals surface area contributed by atoms with Crippen LogP contribution in [0.25, 0.3) is 0 Å². The first kappa shape index (κ1) is 18.1. The number of ether oxygens (including phenoxy) is 2. The smallest absolute Gasteiger partial charge is 0.213 e. The fraction of sp³-hybridized carbons (Fsp3) is 0.444. The number of aliphatic hydroxyl groups is 1. The van der Waals surface area contributed by atoms with Crippen LogP contribution in [0.5, 0.6) is 0 Å². The molecule has 0 amide bonds. The van der Waals surface area contributed by atoms with Crippen LogP contribution >= 0.6 is 0 Å². The third-order valence-electron chi connectivity index (χ3n) is 4.19. The van der Waals surface area contributed by atoms with Crippen LogP contribution in [-0.2, 0) is 20.3 Å². The number of hydrogen-bond donors (Lipinski definition) is 1. The van der Waals surface area contributed by atoms with E-state index in [1.54, 1.807) is 26.4 Å². The van der Waals surface area contributed by atoms with Crippen LogP contribution in [0.2, 0.25) is 0 Å². The summed E-state index contributed by atoms with van der Waals surface area (Å²) in [6.07, 6.45) is 3.33. The van der Waals surface area contributed by atoms with Gasteiger partial charge in [0.2, 0.25) is 5.79 Å². The van der Waals surface area contributed by atoms with Crippen molar-refractivity contribution in [3.05, 3.63) is 53.1 Å². The van der Waals surface area contributed by atoms with Crippen molar-refractivity contribution < 1.29 is 18.8 Å². The minimum atomic E-state index is -1.31. The summed E-state index contributed by atoms with van der Waals surface area (Å²) in [6.45, 7) is 5.65. The molecular formula is C18H24O4S. The van der Waals surface area contributed by atoms with E-state index in [9.17, 15) is 9.32 Å². The number of rotatable bonds is 5. The second kappa shape index (κ2) is 6.69. The maximum Gasteiger partial charge on any atom is 0.213 e. The minimum absolute atomic E-state index is 0.0915. The zero-order chi connectivity index (χ0) is 17.3. The molecule has 1 aliphatic rings. The standard InChI is InChI=1S/C18H24O4S/c1-13-6-8-16(9-7-13)23(20)12-17(19)10-14(2)18(21-4,22-5)15(3)11-17/h6-11,19H,12H2,1-5H3/t23-/m1/s1. The van der Waals surface area contributed by atoms with Gasteiger partial charge in [0.25, 0.3) is 0 Å². The molecule has 1 N–H and O–H groups in total. The largest absolute Gasteiger partial charge is 0.381 e. The van der Waals surface area contributed by atoms with Gasteiger partial charge in [-0.1, -0.05) is 17.7 Å². The lowest BCUT2D eigenvalue weighted by molar-refractivity contribution is -0.153. The van der Waals surface area contributed by atoms with E-state index < -0.39 is 22.2 Å². The Labute approximate surface area is 140 Å². The summed E-state index contributed by atoms with van der Waals surface area (Å²) in [5, 5.41) is 10.9. The topological polar surface area (TPSA) is 55.8 Å². The first-order valence-corrected chi connectivity index (χ1v) is 8.76. The van der Waals surface area contributed by atoms with Gasteiger partial charge in [0.05, 0.1) is 16.6 Å². The molecule has 0 bridgehead atoms. The van der Waals surface area contributed by atoms with Crippen molar-refractivity contribution in [2.75, 3.05) is 20.0 Å². The summed E-state index contributed by atoms with van der Waals surface area (Å²) < 4.78 is 23.6. The Balaban J connectivity index is 2.28. The highest BCUT2D eigenvalue weighted by molar-refractivity contribution is 7.85. The average molecular weight is 336 g/mol. The number of aryl methyl sites for hydroxylation is 1. The SMILES string of the molecule is COC1(OC)C(C)=CC(O)(C[S@@](=O)c2ccc(C)cc2)C=C1C. The Bertz CT molecular complexity index is 632. The highest BCUT2D eigenvalue weighted by Crippen LogP contribution is 2.37. The zero-order valence-corrected chi connectivity index (χ0v) is 15.1. The normalized spacial score (nSPS) is 20.6. The van der Waals surface area contributed by atoms with E-state index in [2.05, 4.69) is 0 Å². The van der Waals surface area contributed by atoms with Gasteiger partial charge in [0, 0.05) is 19.1 Å². The Morgan fingerprint density at radius 2 is 1.48 bits per heavy atom. The minimum Gasteiger partial charge on any atom is -0.381 e. The third-order valence-corrected chi connectivity index (χ3v) is 5.71. The molecule has 4 nitrogen and oxygen atoms in total. The summed E-state index contributed by atoms with van der Waals surface area (Å²) in [5.74, 6) is -0.869. The lowest BCUT2D eigenvalue weighted by atomic mass is 9.85. The molecule has 1 atom stereocenters. The van der Waals surface area contributed by atoms with E-state index >= 15 is 0 Å². The van der Waals surface area contributed by atoms with Crippen molar-refractivity contribution in [1.82, 2.24) is 0 Å². The van der Waals surface area contributed by atoms with Gasteiger partial charge < -0.3 is 14.6 Å². The fourth-order valence-electron chi connectivity index (χ4n) is 3.09.